The Morgan fingerprint density at radius 3 is 2.69 bits per heavy atom. The number of pyridine rings is 1. The first-order valence-electron chi connectivity index (χ1n) is 5.39. The minimum atomic E-state index is -0.0682. The highest BCUT2D eigenvalue weighted by Gasteiger charge is 2.10. The average Bonchev–Trinajstić information content (AvgIpc) is 2.25. The summed E-state index contributed by atoms with van der Waals surface area (Å²) in [6, 6.07) is 1.77. The maximum Gasteiger partial charge on any atom is 0.252 e. The second kappa shape index (κ2) is 5.99. The lowest BCUT2D eigenvalue weighted by Gasteiger charge is -2.15. The van der Waals surface area contributed by atoms with Crippen LogP contribution in [-0.2, 0) is 0 Å². The third kappa shape index (κ3) is 3.93. The topological polar surface area (TPSA) is 42.0 Å². The number of carbonyl (C=O) groups is 1. The molecule has 4 heteroatoms. The van der Waals surface area contributed by atoms with Crippen molar-refractivity contribution in [3.05, 3.63) is 28.5 Å². The molecule has 1 N–H and O–H groups in total. The van der Waals surface area contributed by atoms with Gasteiger partial charge < -0.3 is 5.32 Å². The van der Waals surface area contributed by atoms with Gasteiger partial charge in [-0.1, -0.05) is 20.8 Å². The van der Waals surface area contributed by atoms with Gasteiger partial charge in [-0.15, -0.1) is 0 Å². The van der Waals surface area contributed by atoms with Crippen LogP contribution in [-0.4, -0.2) is 17.4 Å². The van der Waals surface area contributed by atoms with Crippen LogP contribution >= 0.6 is 15.9 Å². The molecule has 3 nitrogen and oxygen atoms in total. The molecule has 1 aromatic heterocycles. The van der Waals surface area contributed by atoms with E-state index in [1.54, 1.807) is 18.5 Å². The van der Waals surface area contributed by atoms with E-state index in [4.69, 9.17) is 0 Å². The molecule has 0 saturated carbocycles. The first-order chi connectivity index (χ1) is 7.50. The molecule has 88 valence electrons. The quantitative estimate of drug-likeness (QED) is 0.924. The highest BCUT2D eigenvalue weighted by molar-refractivity contribution is 9.10. The van der Waals surface area contributed by atoms with Crippen LogP contribution in [0.1, 0.15) is 31.1 Å². The fourth-order valence-corrected chi connectivity index (χ4v) is 1.49. The minimum Gasteiger partial charge on any atom is -0.352 e. The number of rotatable bonds is 4. The van der Waals surface area contributed by atoms with Crippen LogP contribution in [0.3, 0.4) is 0 Å². The Morgan fingerprint density at radius 1 is 1.44 bits per heavy atom. The van der Waals surface area contributed by atoms with Crippen molar-refractivity contribution in [1.29, 1.82) is 0 Å². The first kappa shape index (κ1) is 13.2. The van der Waals surface area contributed by atoms with Gasteiger partial charge in [-0.05, 0) is 33.8 Å². The number of hydrogen-bond acceptors (Lipinski definition) is 2. The van der Waals surface area contributed by atoms with E-state index in [1.807, 2.05) is 0 Å². The van der Waals surface area contributed by atoms with Crippen molar-refractivity contribution in [2.45, 2.75) is 20.8 Å². The lowest BCUT2D eigenvalue weighted by Crippen LogP contribution is -2.30. The molecule has 0 radical (unpaired) electrons. The van der Waals surface area contributed by atoms with E-state index in [0.717, 1.165) is 4.47 Å². The number of hydrogen-bond donors (Lipinski definition) is 1. The maximum atomic E-state index is 11.8. The Bertz CT molecular complexity index is 366. The summed E-state index contributed by atoms with van der Waals surface area (Å²) in [7, 11) is 0. The van der Waals surface area contributed by atoms with E-state index in [9.17, 15) is 4.79 Å². The number of nitrogens with one attached hydrogen (secondary N) is 1. The SMILES string of the molecule is CC(C)C(C)CNC(=O)c1cncc(Br)c1. The van der Waals surface area contributed by atoms with Crippen molar-refractivity contribution < 1.29 is 4.79 Å². The third-order valence-corrected chi connectivity index (χ3v) is 3.12. The zero-order valence-corrected chi connectivity index (χ0v) is 11.4. The summed E-state index contributed by atoms with van der Waals surface area (Å²) in [5.74, 6) is 0.978. The number of nitrogens with zero attached hydrogens (tertiary/aromatic N) is 1. The number of carbonyl (C=O) groups excluding carboxylic acids is 1. The molecule has 1 atom stereocenters. The largest absolute Gasteiger partial charge is 0.352 e. The summed E-state index contributed by atoms with van der Waals surface area (Å²) in [4.78, 5) is 15.7. The fraction of sp³-hybridized carbons (Fsp3) is 0.500. The van der Waals surface area contributed by atoms with Crippen LogP contribution in [0.15, 0.2) is 22.9 Å². The van der Waals surface area contributed by atoms with E-state index >= 15 is 0 Å². The summed E-state index contributed by atoms with van der Waals surface area (Å²) in [6.45, 7) is 7.13. The highest BCUT2D eigenvalue weighted by atomic mass is 79.9. The Kier molecular flexibility index (Phi) is 4.93. The van der Waals surface area contributed by atoms with Crippen molar-refractivity contribution in [2.75, 3.05) is 6.54 Å². The second-order valence-corrected chi connectivity index (χ2v) is 5.24. The van der Waals surface area contributed by atoms with Crippen molar-refractivity contribution >= 4 is 21.8 Å². The third-order valence-electron chi connectivity index (χ3n) is 2.69. The number of amides is 1. The van der Waals surface area contributed by atoms with E-state index in [2.05, 4.69) is 47.0 Å². The van der Waals surface area contributed by atoms with Gasteiger partial charge in [0.25, 0.3) is 5.91 Å². The second-order valence-electron chi connectivity index (χ2n) is 4.32. The molecule has 0 aliphatic carbocycles. The van der Waals surface area contributed by atoms with Crippen LogP contribution in [0.5, 0.6) is 0 Å². The van der Waals surface area contributed by atoms with E-state index in [1.165, 1.54) is 0 Å². The summed E-state index contributed by atoms with van der Waals surface area (Å²) in [5.41, 5.74) is 0.588. The number of halogens is 1. The van der Waals surface area contributed by atoms with E-state index in [-0.39, 0.29) is 5.91 Å². The summed E-state index contributed by atoms with van der Waals surface area (Å²) >= 11 is 3.29. The summed E-state index contributed by atoms with van der Waals surface area (Å²) < 4.78 is 0.817. The molecular weight excluding hydrogens is 268 g/mol. The first-order valence-corrected chi connectivity index (χ1v) is 6.18. The van der Waals surface area contributed by atoms with Crippen LogP contribution < -0.4 is 5.32 Å². The molecule has 1 amide bonds. The van der Waals surface area contributed by atoms with Gasteiger partial charge in [0.2, 0.25) is 0 Å². The van der Waals surface area contributed by atoms with Gasteiger partial charge in [-0.25, -0.2) is 0 Å². The van der Waals surface area contributed by atoms with Crippen LogP contribution in [0.25, 0.3) is 0 Å². The monoisotopic (exact) mass is 284 g/mol. The van der Waals surface area contributed by atoms with Crippen LogP contribution in [0, 0.1) is 11.8 Å². The highest BCUT2D eigenvalue weighted by Crippen LogP contribution is 2.10. The van der Waals surface area contributed by atoms with E-state index < -0.39 is 0 Å². The van der Waals surface area contributed by atoms with Gasteiger partial charge in [0.1, 0.15) is 0 Å². The molecule has 16 heavy (non-hydrogen) atoms. The van der Waals surface area contributed by atoms with Crippen LogP contribution in [0.2, 0.25) is 0 Å². The maximum absolute atomic E-state index is 11.8. The van der Waals surface area contributed by atoms with Gasteiger partial charge in [0.15, 0.2) is 0 Å². The van der Waals surface area contributed by atoms with Gasteiger partial charge in [0, 0.05) is 23.4 Å². The molecule has 1 rings (SSSR count). The number of aromatic nitrogens is 1. The summed E-state index contributed by atoms with van der Waals surface area (Å²) in [6.07, 6.45) is 3.23. The molecule has 0 aliphatic rings. The zero-order valence-electron chi connectivity index (χ0n) is 9.83. The lowest BCUT2D eigenvalue weighted by atomic mass is 9.98. The van der Waals surface area contributed by atoms with Gasteiger partial charge in [0.05, 0.1) is 5.56 Å². The van der Waals surface area contributed by atoms with Gasteiger partial charge in [-0.2, -0.15) is 0 Å². The standard InChI is InChI=1S/C12H17BrN2O/c1-8(2)9(3)5-15-12(16)10-4-11(13)7-14-6-10/h4,6-9H,5H2,1-3H3,(H,15,16). The normalized spacial score (nSPS) is 12.6. The fourth-order valence-electron chi connectivity index (χ4n) is 1.13. The predicted octanol–water partition coefficient (Wildman–Crippen LogP) is 2.87. The van der Waals surface area contributed by atoms with Crippen molar-refractivity contribution in [1.82, 2.24) is 10.3 Å². The smallest absolute Gasteiger partial charge is 0.252 e. The molecule has 0 spiro atoms. The molecule has 1 heterocycles. The molecule has 0 aromatic carbocycles. The van der Waals surface area contributed by atoms with Gasteiger partial charge >= 0.3 is 0 Å². The molecule has 0 bridgehead atoms. The predicted molar refractivity (Wildman–Crippen MR) is 68.3 cm³/mol. The Morgan fingerprint density at radius 2 is 2.12 bits per heavy atom. The molecule has 0 saturated heterocycles. The average molecular weight is 285 g/mol. The lowest BCUT2D eigenvalue weighted by molar-refractivity contribution is 0.0944. The van der Waals surface area contributed by atoms with Crippen molar-refractivity contribution in [3.63, 3.8) is 0 Å². The summed E-state index contributed by atoms with van der Waals surface area (Å²) in [5, 5.41) is 2.91. The molecule has 1 unspecified atom stereocenters. The van der Waals surface area contributed by atoms with E-state index in [0.29, 0.717) is 23.9 Å². The molecular formula is C12H17BrN2O. The Hall–Kier alpha value is -0.900. The molecule has 0 fully saturated rings. The van der Waals surface area contributed by atoms with Crippen molar-refractivity contribution in [2.24, 2.45) is 11.8 Å². The van der Waals surface area contributed by atoms with Gasteiger partial charge in [-0.3, -0.25) is 9.78 Å². The molecule has 0 aliphatic heterocycles. The Balaban J connectivity index is 2.53. The Labute approximate surface area is 105 Å². The van der Waals surface area contributed by atoms with Crippen molar-refractivity contribution in [3.8, 4) is 0 Å². The molecule has 1 aromatic rings. The van der Waals surface area contributed by atoms with Crippen LogP contribution in [0.4, 0.5) is 0 Å². The zero-order chi connectivity index (χ0) is 12.1. The minimum absolute atomic E-state index is 0.0682.